The van der Waals surface area contributed by atoms with Gasteiger partial charge >= 0.3 is 5.97 Å². The molecule has 0 spiro atoms. The van der Waals surface area contributed by atoms with Crippen molar-refractivity contribution in [1.82, 2.24) is 10.6 Å². The molecule has 2 rings (SSSR count). The third-order valence-electron chi connectivity index (χ3n) is 3.70. The van der Waals surface area contributed by atoms with Gasteiger partial charge in [-0.3, -0.25) is 4.79 Å². The molecule has 2 atom stereocenters. The number of carboxylic acid groups (broad SMARTS) is 1. The van der Waals surface area contributed by atoms with Gasteiger partial charge in [0, 0.05) is 6.54 Å². The molecule has 1 saturated heterocycles. The standard InChI is InChI=1S/C15H20N2O3/c1-10-5-7-16-13(10)14(18)17-8-6-11-3-2-4-12(9-11)15(19)20/h2-4,9-10,13,16H,5-8H2,1H3,(H,17,18)(H,19,20). The van der Waals surface area contributed by atoms with Crippen molar-refractivity contribution in [2.24, 2.45) is 5.92 Å². The second-order valence-electron chi connectivity index (χ2n) is 5.24. The lowest BCUT2D eigenvalue weighted by molar-refractivity contribution is -0.123. The van der Waals surface area contributed by atoms with Crippen molar-refractivity contribution in [3.05, 3.63) is 35.4 Å². The van der Waals surface area contributed by atoms with Crippen molar-refractivity contribution >= 4 is 11.9 Å². The van der Waals surface area contributed by atoms with Crippen molar-refractivity contribution in [3.8, 4) is 0 Å². The molecule has 20 heavy (non-hydrogen) atoms. The summed E-state index contributed by atoms with van der Waals surface area (Å²) >= 11 is 0. The van der Waals surface area contributed by atoms with Crippen LogP contribution >= 0.6 is 0 Å². The summed E-state index contributed by atoms with van der Waals surface area (Å²) in [7, 11) is 0. The van der Waals surface area contributed by atoms with Crippen LogP contribution < -0.4 is 10.6 Å². The van der Waals surface area contributed by atoms with Crippen LogP contribution in [-0.2, 0) is 11.2 Å². The Balaban J connectivity index is 1.82. The number of rotatable bonds is 5. The zero-order valence-corrected chi connectivity index (χ0v) is 11.6. The van der Waals surface area contributed by atoms with Crippen molar-refractivity contribution in [2.75, 3.05) is 13.1 Å². The van der Waals surface area contributed by atoms with Crippen LogP contribution in [0.25, 0.3) is 0 Å². The number of aromatic carboxylic acids is 1. The fourth-order valence-corrected chi connectivity index (χ4v) is 2.49. The summed E-state index contributed by atoms with van der Waals surface area (Å²) in [6.07, 6.45) is 1.66. The van der Waals surface area contributed by atoms with Crippen LogP contribution in [0.4, 0.5) is 0 Å². The molecule has 0 aromatic heterocycles. The Morgan fingerprint density at radius 3 is 2.90 bits per heavy atom. The number of nitrogens with one attached hydrogen (secondary N) is 2. The average molecular weight is 276 g/mol. The number of hydrogen-bond donors (Lipinski definition) is 3. The Hall–Kier alpha value is -1.88. The SMILES string of the molecule is CC1CCNC1C(=O)NCCc1cccc(C(=O)O)c1. The lowest BCUT2D eigenvalue weighted by atomic mass is 10.0. The molecule has 3 N–H and O–H groups in total. The molecule has 0 saturated carbocycles. The summed E-state index contributed by atoms with van der Waals surface area (Å²) in [5.74, 6) is -0.533. The van der Waals surface area contributed by atoms with E-state index in [-0.39, 0.29) is 17.5 Å². The number of carboxylic acids is 1. The van der Waals surface area contributed by atoms with Gasteiger partial charge < -0.3 is 15.7 Å². The van der Waals surface area contributed by atoms with Crippen LogP contribution in [0.5, 0.6) is 0 Å². The highest BCUT2D eigenvalue weighted by molar-refractivity contribution is 5.87. The zero-order valence-electron chi connectivity index (χ0n) is 11.6. The predicted molar refractivity (Wildman–Crippen MR) is 75.7 cm³/mol. The second-order valence-corrected chi connectivity index (χ2v) is 5.24. The lowest BCUT2D eigenvalue weighted by Crippen LogP contribution is -2.43. The van der Waals surface area contributed by atoms with E-state index in [4.69, 9.17) is 5.11 Å². The van der Waals surface area contributed by atoms with Crippen LogP contribution in [0.3, 0.4) is 0 Å². The van der Waals surface area contributed by atoms with Crippen LogP contribution in [-0.4, -0.2) is 36.1 Å². The minimum Gasteiger partial charge on any atom is -0.478 e. The second kappa shape index (κ2) is 6.52. The number of hydrogen-bond acceptors (Lipinski definition) is 3. The van der Waals surface area contributed by atoms with E-state index in [0.29, 0.717) is 18.9 Å². The summed E-state index contributed by atoms with van der Waals surface area (Å²) < 4.78 is 0. The molecule has 0 aliphatic carbocycles. The third-order valence-corrected chi connectivity index (χ3v) is 3.70. The van der Waals surface area contributed by atoms with Gasteiger partial charge in [0.2, 0.25) is 5.91 Å². The number of amides is 1. The molecule has 0 bridgehead atoms. The van der Waals surface area contributed by atoms with Crippen molar-refractivity contribution < 1.29 is 14.7 Å². The highest BCUT2D eigenvalue weighted by Crippen LogP contribution is 2.14. The first-order chi connectivity index (χ1) is 9.58. The fraction of sp³-hybridized carbons (Fsp3) is 0.467. The molecule has 5 nitrogen and oxygen atoms in total. The first-order valence-electron chi connectivity index (χ1n) is 6.91. The summed E-state index contributed by atoms with van der Waals surface area (Å²) in [5.41, 5.74) is 1.19. The van der Waals surface area contributed by atoms with E-state index in [1.165, 1.54) is 0 Å². The third kappa shape index (κ3) is 3.57. The highest BCUT2D eigenvalue weighted by Gasteiger charge is 2.28. The maximum absolute atomic E-state index is 12.0. The highest BCUT2D eigenvalue weighted by atomic mass is 16.4. The molecule has 1 aromatic carbocycles. The van der Waals surface area contributed by atoms with Gasteiger partial charge in [0.1, 0.15) is 0 Å². The predicted octanol–water partition coefficient (Wildman–Crippen LogP) is 1.04. The van der Waals surface area contributed by atoms with E-state index >= 15 is 0 Å². The van der Waals surface area contributed by atoms with Gasteiger partial charge in [0.05, 0.1) is 11.6 Å². The minimum absolute atomic E-state index is 0.0318. The van der Waals surface area contributed by atoms with E-state index in [2.05, 4.69) is 17.6 Å². The van der Waals surface area contributed by atoms with Gasteiger partial charge in [-0.05, 0) is 43.0 Å². The van der Waals surface area contributed by atoms with Gasteiger partial charge in [-0.25, -0.2) is 4.79 Å². The van der Waals surface area contributed by atoms with Gasteiger partial charge in [-0.2, -0.15) is 0 Å². The van der Waals surface area contributed by atoms with E-state index in [1.807, 2.05) is 6.07 Å². The summed E-state index contributed by atoms with van der Waals surface area (Å²) in [6.45, 7) is 3.48. The van der Waals surface area contributed by atoms with Crippen LogP contribution in [0.2, 0.25) is 0 Å². The first kappa shape index (κ1) is 14.5. The lowest BCUT2D eigenvalue weighted by Gasteiger charge is -2.15. The van der Waals surface area contributed by atoms with E-state index in [9.17, 15) is 9.59 Å². The average Bonchev–Trinajstić information content (AvgIpc) is 2.85. The molecule has 1 aromatic rings. The molecule has 2 unspecified atom stereocenters. The van der Waals surface area contributed by atoms with Gasteiger partial charge in [0.15, 0.2) is 0 Å². The Morgan fingerprint density at radius 2 is 2.25 bits per heavy atom. The molecule has 1 fully saturated rings. The fourth-order valence-electron chi connectivity index (χ4n) is 2.49. The Labute approximate surface area is 118 Å². The molecule has 1 amide bonds. The number of carbonyl (C=O) groups excluding carboxylic acids is 1. The Morgan fingerprint density at radius 1 is 1.45 bits per heavy atom. The smallest absolute Gasteiger partial charge is 0.335 e. The van der Waals surface area contributed by atoms with Crippen LogP contribution in [0, 0.1) is 5.92 Å². The number of benzene rings is 1. The monoisotopic (exact) mass is 276 g/mol. The Kier molecular flexibility index (Phi) is 4.74. The molecular weight excluding hydrogens is 256 g/mol. The van der Waals surface area contributed by atoms with E-state index < -0.39 is 5.97 Å². The molecule has 0 radical (unpaired) electrons. The maximum atomic E-state index is 12.0. The van der Waals surface area contributed by atoms with Crippen LogP contribution in [0.1, 0.15) is 29.3 Å². The summed E-state index contributed by atoms with van der Waals surface area (Å²) in [5, 5.41) is 15.0. The van der Waals surface area contributed by atoms with E-state index in [1.54, 1.807) is 18.2 Å². The maximum Gasteiger partial charge on any atom is 0.335 e. The van der Waals surface area contributed by atoms with Crippen LogP contribution in [0.15, 0.2) is 24.3 Å². The molecule has 108 valence electrons. The topological polar surface area (TPSA) is 78.4 Å². The molecule has 1 heterocycles. The minimum atomic E-state index is -0.931. The summed E-state index contributed by atoms with van der Waals surface area (Å²) in [4.78, 5) is 22.8. The molecule has 1 aliphatic rings. The Bertz CT molecular complexity index is 502. The normalized spacial score (nSPS) is 21.6. The molecular formula is C15H20N2O3. The van der Waals surface area contributed by atoms with E-state index in [0.717, 1.165) is 18.5 Å². The van der Waals surface area contributed by atoms with Gasteiger partial charge in [0.25, 0.3) is 0 Å². The largest absolute Gasteiger partial charge is 0.478 e. The number of carbonyl (C=O) groups is 2. The summed E-state index contributed by atoms with van der Waals surface area (Å²) in [6, 6.07) is 6.70. The van der Waals surface area contributed by atoms with Gasteiger partial charge in [-0.15, -0.1) is 0 Å². The van der Waals surface area contributed by atoms with Crippen molar-refractivity contribution in [2.45, 2.75) is 25.8 Å². The van der Waals surface area contributed by atoms with Gasteiger partial charge in [-0.1, -0.05) is 19.1 Å². The quantitative estimate of drug-likeness (QED) is 0.751. The van der Waals surface area contributed by atoms with Crippen molar-refractivity contribution in [3.63, 3.8) is 0 Å². The molecule has 5 heteroatoms. The first-order valence-corrected chi connectivity index (χ1v) is 6.91. The zero-order chi connectivity index (χ0) is 14.5. The van der Waals surface area contributed by atoms with Crippen molar-refractivity contribution in [1.29, 1.82) is 0 Å². The molecule has 1 aliphatic heterocycles.